The van der Waals surface area contributed by atoms with Crippen LogP contribution in [0.4, 0.5) is 5.82 Å². The molecule has 0 unspecified atom stereocenters. The van der Waals surface area contributed by atoms with E-state index in [2.05, 4.69) is 27.3 Å². The van der Waals surface area contributed by atoms with Crippen LogP contribution in [0.3, 0.4) is 0 Å². The van der Waals surface area contributed by atoms with Crippen LogP contribution >= 0.6 is 0 Å². The van der Waals surface area contributed by atoms with Gasteiger partial charge in [-0.2, -0.15) is 0 Å². The van der Waals surface area contributed by atoms with E-state index in [4.69, 9.17) is 0 Å². The number of rotatable bonds is 2. The van der Waals surface area contributed by atoms with Crippen LogP contribution in [0.2, 0.25) is 0 Å². The molecule has 0 atom stereocenters. The van der Waals surface area contributed by atoms with Crippen LogP contribution in [0.25, 0.3) is 0 Å². The molecule has 0 spiro atoms. The first-order chi connectivity index (χ1) is 7.43. The van der Waals surface area contributed by atoms with Crippen LogP contribution in [0.5, 0.6) is 0 Å². The number of hydrogen-bond donors (Lipinski definition) is 1. The van der Waals surface area contributed by atoms with Crippen molar-refractivity contribution >= 4 is 5.82 Å². The Labute approximate surface area is 90.5 Å². The van der Waals surface area contributed by atoms with Crippen LogP contribution in [0.1, 0.15) is 24.3 Å². The molecule has 1 saturated heterocycles. The average Bonchev–Trinajstić information content (AvgIpc) is 3.14. The van der Waals surface area contributed by atoms with Crippen molar-refractivity contribution in [1.82, 2.24) is 10.3 Å². The summed E-state index contributed by atoms with van der Waals surface area (Å²) in [4.78, 5) is 6.85. The molecule has 2 heterocycles. The van der Waals surface area contributed by atoms with Crippen molar-refractivity contribution in [1.29, 1.82) is 0 Å². The molecule has 0 aromatic carbocycles. The molecule has 1 aromatic rings. The molecule has 80 valence electrons. The van der Waals surface area contributed by atoms with Gasteiger partial charge in [-0.15, -0.1) is 0 Å². The Morgan fingerprint density at radius 1 is 1.27 bits per heavy atom. The molecule has 3 heteroatoms. The number of piperazine rings is 1. The SMILES string of the molecule is c1cc(C2CC2)cc(N2CCNCC2)n1. The maximum Gasteiger partial charge on any atom is 0.128 e. The van der Waals surface area contributed by atoms with Gasteiger partial charge in [0, 0.05) is 32.4 Å². The monoisotopic (exact) mass is 203 g/mol. The summed E-state index contributed by atoms with van der Waals surface area (Å²) in [5, 5.41) is 3.36. The third-order valence-corrected chi connectivity index (χ3v) is 3.26. The van der Waals surface area contributed by atoms with Crippen LogP contribution in [-0.2, 0) is 0 Å². The zero-order valence-corrected chi connectivity index (χ0v) is 8.95. The van der Waals surface area contributed by atoms with E-state index in [1.165, 1.54) is 24.2 Å². The van der Waals surface area contributed by atoms with Gasteiger partial charge in [-0.25, -0.2) is 4.98 Å². The van der Waals surface area contributed by atoms with Gasteiger partial charge in [-0.3, -0.25) is 0 Å². The van der Waals surface area contributed by atoms with Gasteiger partial charge in [0.05, 0.1) is 0 Å². The number of pyridine rings is 1. The number of anilines is 1. The van der Waals surface area contributed by atoms with E-state index in [9.17, 15) is 0 Å². The van der Waals surface area contributed by atoms with Crippen LogP contribution in [0.15, 0.2) is 18.3 Å². The van der Waals surface area contributed by atoms with Gasteiger partial charge in [0.25, 0.3) is 0 Å². The molecule has 1 N–H and O–H groups in total. The Hall–Kier alpha value is -1.09. The van der Waals surface area contributed by atoms with Gasteiger partial charge in [-0.1, -0.05) is 0 Å². The Bertz CT molecular complexity index is 340. The fourth-order valence-electron chi connectivity index (χ4n) is 2.17. The van der Waals surface area contributed by atoms with Crippen molar-refractivity contribution in [3.8, 4) is 0 Å². The number of aromatic nitrogens is 1. The molecule has 1 aliphatic carbocycles. The lowest BCUT2D eigenvalue weighted by atomic mass is 10.1. The van der Waals surface area contributed by atoms with Crippen molar-refractivity contribution in [2.45, 2.75) is 18.8 Å². The molecule has 1 saturated carbocycles. The zero-order chi connectivity index (χ0) is 10.1. The summed E-state index contributed by atoms with van der Waals surface area (Å²) in [7, 11) is 0. The van der Waals surface area contributed by atoms with Crippen molar-refractivity contribution in [3.63, 3.8) is 0 Å². The minimum absolute atomic E-state index is 0.828. The molecule has 0 amide bonds. The molecule has 1 aromatic heterocycles. The van der Waals surface area contributed by atoms with Gasteiger partial charge in [0.2, 0.25) is 0 Å². The maximum absolute atomic E-state index is 4.47. The first-order valence-electron chi connectivity index (χ1n) is 5.85. The fraction of sp³-hybridized carbons (Fsp3) is 0.583. The molecule has 3 nitrogen and oxygen atoms in total. The topological polar surface area (TPSA) is 28.2 Å². The molecule has 2 aliphatic rings. The largest absolute Gasteiger partial charge is 0.354 e. The third kappa shape index (κ3) is 1.97. The summed E-state index contributed by atoms with van der Waals surface area (Å²) in [6.45, 7) is 4.33. The van der Waals surface area contributed by atoms with E-state index in [0.717, 1.165) is 32.1 Å². The maximum atomic E-state index is 4.47. The van der Waals surface area contributed by atoms with Crippen LogP contribution in [-0.4, -0.2) is 31.2 Å². The minimum atomic E-state index is 0.828. The highest BCUT2D eigenvalue weighted by Gasteiger charge is 2.24. The Morgan fingerprint density at radius 3 is 2.80 bits per heavy atom. The zero-order valence-electron chi connectivity index (χ0n) is 8.95. The molecule has 15 heavy (non-hydrogen) atoms. The lowest BCUT2D eigenvalue weighted by molar-refractivity contribution is 0.585. The lowest BCUT2D eigenvalue weighted by Gasteiger charge is -2.28. The highest BCUT2D eigenvalue weighted by Crippen LogP contribution is 2.40. The highest BCUT2D eigenvalue weighted by molar-refractivity contribution is 5.43. The summed E-state index contributed by atoms with van der Waals surface area (Å²) < 4.78 is 0. The predicted octanol–water partition coefficient (Wildman–Crippen LogP) is 1.37. The molecule has 1 aliphatic heterocycles. The summed E-state index contributed by atoms with van der Waals surface area (Å²) in [6.07, 6.45) is 4.70. The number of nitrogens with one attached hydrogen (secondary N) is 1. The predicted molar refractivity (Wildman–Crippen MR) is 61.3 cm³/mol. The van der Waals surface area contributed by atoms with Gasteiger partial charge < -0.3 is 10.2 Å². The van der Waals surface area contributed by atoms with E-state index in [0.29, 0.717) is 0 Å². The fourth-order valence-corrected chi connectivity index (χ4v) is 2.17. The average molecular weight is 203 g/mol. The Kier molecular flexibility index (Phi) is 2.33. The normalized spacial score (nSPS) is 21.7. The third-order valence-electron chi connectivity index (χ3n) is 3.26. The molecule has 3 rings (SSSR count). The van der Waals surface area contributed by atoms with Gasteiger partial charge in [0.15, 0.2) is 0 Å². The Balaban J connectivity index is 1.80. The number of nitrogens with zero attached hydrogens (tertiary/aromatic N) is 2. The van der Waals surface area contributed by atoms with Crippen LogP contribution < -0.4 is 10.2 Å². The molecule has 2 fully saturated rings. The molecule has 0 bridgehead atoms. The smallest absolute Gasteiger partial charge is 0.128 e. The summed E-state index contributed by atoms with van der Waals surface area (Å²) in [5.74, 6) is 2.00. The number of hydrogen-bond acceptors (Lipinski definition) is 3. The van der Waals surface area contributed by atoms with E-state index < -0.39 is 0 Å². The van der Waals surface area contributed by atoms with Gasteiger partial charge in [0.1, 0.15) is 5.82 Å². The van der Waals surface area contributed by atoms with Crippen LogP contribution in [0, 0.1) is 0 Å². The van der Waals surface area contributed by atoms with Crippen molar-refractivity contribution in [2.75, 3.05) is 31.1 Å². The van der Waals surface area contributed by atoms with Crippen molar-refractivity contribution in [2.24, 2.45) is 0 Å². The van der Waals surface area contributed by atoms with Crippen molar-refractivity contribution < 1.29 is 0 Å². The molecular weight excluding hydrogens is 186 g/mol. The summed E-state index contributed by atoms with van der Waals surface area (Å²) >= 11 is 0. The van der Waals surface area contributed by atoms with Crippen molar-refractivity contribution in [3.05, 3.63) is 23.9 Å². The second-order valence-corrected chi connectivity index (χ2v) is 4.46. The molecule has 0 radical (unpaired) electrons. The van der Waals surface area contributed by atoms with E-state index in [1.807, 2.05) is 6.20 Å². The first-order valence-corrected chi connectivity index (χ1v) is 5.85. The van der Waals surface area contributed by atoms with E-state index >= 15 is 0 Å². The minimum Gasteiger partial charge on any atom is -0.354 e. The quantitative estimate of drug-likeness (QED) is 0.787. The van der Waals surface area contributed by atoms with E-state index in [1.54, 1.807) is 0 Å². The summed E-state index contributed by atoms with van der Waals surface area (Å²) in [6, 6.07) is 4.45. The van der Waals surface area contributed by atoms with Gasteiger partial charge in [-0.05, 0) is 36.5 Å². The summed E-state index contributed by atoms with van der Waals surface area (Å²) in [5.41, 5.74) is 1.48. The standard InChI is InChI=1S/C12H17N3/c1-2-10(1)11-3-4-14-12(9-11)15-7-5-13-6-8-15/h3-4,9-10,13H,1-2,5-8H2. The lowest BCUT2D eigenvalue weighted by Crippen LogP contribution is -2.43. The second-order valence-electron chi connectivity index (χ2n) is 4.46. The first kappa shape index (κ1) is 9.16. The van der Waals surface area contributed by atoms with Gasteiger partial charge >= 0.3 is 0 Å². The van der Waals surface area contributed by atoms with E-state index in [-0.39, 0.29) is 0 Å². The molecular formula is C12H17N3. The Morgan fingerprint density at radius 2 is 2.07 bits per heavy atom. The highest BCUT2D eigenvalue weighted by atomic mass is 15.2. The second kappa shape index (κ2) is 3.81.